The molecule has 1 unspecified atom stereocenters. The summed E-state index contributed by atoms with van der Waals surface area (Å²) in [5.41, 5.74) is 4.06. The lowest BCUT2D eigenvalue weighted by atomic mass is 10.1. The number of nitrogens with zero attached hydrogens (tertiary/aromatic N) is 5. The summed E-state index contributed by atoms with van der Waals surface area (Å²) in [7, 11) is 1.87. The second-order valence-corrected chi connectivity index (χ2v) is 8.26. The van der Waals surface area contributed by atoms with Crippen LogP contribution in [-0.2, 0) is 13.0 Å². The lowest BCUT2D eigenvalue weighted by molar-refractivity contribution is 0.582. The molecule has 1 aliphatic rings. The molecule has 32 heavy (non-hydrogen) atoms. The molecule has 7 nitrogen and oxygen atoms in total. The van der Waals surface area contributed by atoms with Gasteiger partial charge in [-0.3, -0.25) is 0 Å². The number of imidazole rings is 1. The van der Waals surface area contributed by atoms with Crippen molar-refractivity contribution in [2.75, 3.05) is 29.1 Å². The Morgan fingerprint density at radius 3 is 2.69 bits per heavy atom. The van der Waals surface area contributed by atoms with Gasteiger partial charge in [0.1, 0.15) is 17.5 Å². The van der Waals surface area contributed by atoms with Gasteiger partial charge in [-0.15, -0.1) is 0 Å². The van der Waals surface area contributed by atoms with Gasteiger partial charge in [-0.25, -0.2) is 9.37 Å². The molecule has 0 bridgehead atoms. The van der Waals surface area contributed by atoms with Crippen LogP contribution in [0.2, 0.25) is 0 Å². The molecule has 1 atom stereocenters. The first-order valence-corrected chi connectivity index (χ1v) is 11.0. The molecular weight excluding hydrogens is 405 g/mol. The second-order valence-electron chi connectivity index (χ2n) is 8.26. The number of hydrogen-bond donors (Lipinski definition) is 2. The number of hydrogen-bond acceptors (Lipinski definition) is 6. The molecule has 168 valence electrons. The molecule has 0 spiro atoms. The first-order chi connectivity index (χ1) is 15.4. The van der Waals surface area contributed by atoms with Crippen LogP contribution in [0.4, 0.5) is 27.7 Å². The lowest BCUT2D eigenvalue weighted by Crippen LogP contribution is -2.23. The minimum Gasteiger partial charge on any atom is -0.373 e. The zero-order chi connectivity index (χ0) is 22.7. The number of aromatic nitrogens is 4. The monoisotopic (exact) mass is 435 g/mol. The van der Waals surface area contributed by atoms with Crippen molar-refractivity contribution < 1.29 is 4.39 Å². The third kappa shape index (κ3) is 4.74. The Balaban J connectivity index is 1.52. The lowest BCUT2D eigenvalue weighted by Gasteiger charge is -2.22. The van der Waals surface area contributed by atoms with E-state index >= 15 is 0 Å². The Hall–Kier alpha value is -3.42. The molecule has 3 aromatic rings. The van der Waals surface area contributed by atoms with Crippen LogP contribution in [0.3, 0.4) is 0 Å². The van der Waals surface area contributed by atoms with Crippen LogP contribution < -0.4 is 15.5 Å². The molecule has 2 aromatic heterocycles. The topological polar surface area (TPSA) is 70.9 Å². The van der Waals surface area contributed by atoms with E-state index in [9.17, 15) is 4.39 Å². The van der Waals surface area contributed by atoms with Crippen LogP contribution in [-0.4, -0.2) is 39.2 Å². The summed E-state index contributed by atoms with van der Waals surface area (Å²) in [6, 6.07) is 6.58. The number of fused-ring (bicyclic) bond motifs is 1. The summed E-state index contributed by atoms with van der Waals surface area (Å²) >= 11 is 0. The highest BCUT2D eigenvalue weighted by Gasteiger charge is 2.27. The standard InChI is InChI=1S/C24H30FN7/c1-16(2)21(6-5-12-31-14-17(3)27-15-31)28-24-29-22(26-4)20-11-13-32(23(20)30-24)19-9-7-18(25)8-10-19/h7-10,14-15,21H,1,5-6,11-13H2,2-4H3,(H2,26,28,29,30). The summed E-state index contributed by atoms with van der Waals surface area (Å²) in [6.07, 6.45) is 6.63. The molecule has 0 saturated carbocycles. The van der Waals surface area contributed by atoms with Crippen molar-refractivity contribution in [3.8, 4) is 0 Å². The summed E-state index contributed by atoms with van der Waals surface area (Å²) in [5, 5.41) is 6.69. The Morgan fingerprint density at radius 1 is 1.25 bits per heavy atom. The molecule has 1 aliphatic heterocycles. The largest absolute Gasteiger partial charge is 0.373 e. The zero-order valence-corrected chi connectivity index (χ0v) is 18.9. The smallest absolute Gasteiger partial charge is 0.227 e. The third-order valence-corrected chi connectivity index (χ3v) is 5.77. The van der Waals surface area contributed by atoms with Gasteiger partial charge in [-0.1, -0.05) is 12.2 Å². The van der Waals surface area contributed by atoms with E-state index < -0.39 is 0 Å². The average molecular weight is 436 g/mol. The van der Waals surface area contributed by atoms with Gasteiger partial charge >= 0.3 is 0 Å². The molecule has 0 fully saturated rings. The molecule has 0 amide bonds. The van der Waals surface area contributed by atoms with Crippen molar-refractivity contribution in [3.63, 3.8) is 0 Å². The van der Waals surface area contributed by atoms with Gasteiger partial charge in [0.25, 0.3) is 0 Å². The fourth-order valence-corrected chi connectivity index (χ4v) is 4.07. The van der Waals surface area contributed by atoms with Crippen LogP contribution in [0.1, 0.15) is 31.0 Å². The maximum Gasteiger partial charge on any atom is 0.227 e. The molecular formula is C24H30FN7. The molecule has 0 radical (unpaired) electrons. The SMILES string of the molecule is C=C(C)C(CCCn1cnc(C)c1)Nc1nc(NC)c2c(n1)N(c1ccc(F)cc1)CC2. The van der Waals surface area contributed by atoms with E-state index in [2.05, 4.69) is 37.9 Å². The first kappa shape index (κ1) is 21.8. The normalized spacial score (nSPS) is 13.7. The van der Waals surface area contributed by atoms with E-state index in [1.165, 1.54) is 12.1 Å². The number of rotatable bonds is 9. The Morgan fingerprint density at radius 2 is 2.03 bits per heavy atom. The number of aryl methyl sites for hydroxylation is 2. The van der Waals surface area contributed by atoms with Gasteiger partial charge in [-0.05, 0) is 57.4 Å². The fourth-order valence-electron chi connectivity index (χ4n) is 4.07. The van der Waals surface area contributed by atoms with Gasteiger partial charge in [-0.2, -0.15) is 9.97 Å². The van der Waals surface area contributed by atoms with Gasteiger partial charge in [0, 0.05) is 43.6 Å². The second kappa shape index (κ2) is 9.38. The van der Waals surface area contributed by atoms with E-state index in [0.717, 1.165) is 66.5 Å². The van der Waals surface area contributed by atoms with Gasteiger partial charge in [0.2, 0.25) is 5.95 Å². The molecule has 2 N–H and O–H groups in total. The maximum absolute atomic E-state index is 13.4. The molecule has 0 saturated heterocycles. The van der Waals surface area contributed by atoms with Crippen LogP contribution in [0.15, 0.2) is 48.9 Å². The molecule has 8 heteroatoms. The third-order valence-electron chi connectivity index (χ3n) is 5.77. The zero-order valence-electron chi connectivity index (χ0n) is 18.9. The summed E-state index contributed by atoms with van der Waals surface area (Å²) < 4.78 is 15.5. The highest BCUT2D eigenvalue weighted by atomic mass is 19.1. The summed E-state index contributed by atoms with van der Waals surface area (Å²) in [6.45, 7) is 9.87. The van der Waals surface area contributed by atoms with Crippen LogP contribution in [0.5, 0.6) is 0 Å². The van der Waals surface area contributed by atoms with Gasteiger partial charge < -0.3 is 20.1 Å². The molecule has 3 heterocycles. The minimum atomic E-state index is -0.246. The van der Waals surface area contributed by atoms with Crippen molar-refractivity contribution in [1.82, 2.24) is 19.5 Å². The summed E-state index contributed by atoms with van der Waals surface area (Å²) in [4.78, 5) is 16.0. The van der Waals surface area contributed by atoms with Crippen molar-refractivity contribution in [3.05, 3.63) is 66.0 Å². The molecule has 1 aromatic carbocycles. The minimum absolute atomic E-state index is 0.0584. The Bertz CT molecular complexity index is 1090. The van der Waals surface area contributed by atoms with Gasteiger partial charge in [0.05, 0.1) is 12.0 Å². The quantitative estimate of drug-likeness (QED) is 0.475. The van der Waals surface area contributed by atoms with E-state index in [-0.39, 0.29) is 11.9 Å². The van der Waals surface area contributed by atoms with Crippen molar-refractivity contribution >= 4 is 23.3 Å². The van der Waals surface area contributed by atoms with E-state index in [1.807, 2.05) is 27.2 Å². The van der Waals surface area contributed by atoms with Crippen molar-refractivity contribution in [1.29, 1.82) is 0 Å². The number of benzene rings is 1. The maximum atomic E-state index is 13.4. The van der Waals surface area contributed by atoms with E-state index in [4.69, 9.17) is 9.97 Å². The fraction of sp³-hybridized carbons (Fsp3) is 0.375. The Kier molecular flexibility index (Phi) is 6.39. The highest BCUT2D eigenvalue weighted by molar-refractivity contribution is 5.72. The molecule has 4 rings (SSSR count). The molecule has 0 aliphatic carbocycles. The summed E-state index contributed by atoms with van der Waals surface area (Å²) in [5.74, 6) is 1.99. The first-order valence-electron chi connectivity index (χ1n) is 11.0. The highest BCUT2D eigenvalue weighted by Crippen LogP contribution is 2.37. The van der Waals surface area contributed by atoms with E-state index in [1.54, 1.807) is 12.1 Å². The van der Waals surface area contributed by atoms with E-state index in [0.29, 0.717) is 5.95 Å². The Labute approximate surface area is 188 Å². The number of anilines is 4. The van der Waals surface area contributed by atoms with Crippen LogP contribution in [0, 0.1) is 12.7 Å². The van der Waals surface area contributed by atoms with Gasteiger partial charge in [0.15, 0.2) is 0 Å². The van der Waals surface area contributed by atoms with Crippen LogP contribution >= 0.6 is 0 Å². The number of halogens is 1. The van der Waals surface area contributed by atoms with Crippen molar-refractivity contribution in [2.24, 2.45) is 0 Å². The van der Waals surface area contributed by atoms with Crippen LogP contribution in [0.25, 0.3) is 0 Å². The van der Waals surface area contributed by atoms with Crippen molar-refractivity contribution in [2.45, 2.75) is 45.7 Å². The average Bonchev–Trinajstić information content (AvgIpc) is 3.39. The predicted octanol–water partition coefficient (Wildman–Crippen LogP) is 4.69. The number of nitrogens with one attached hydrogen (secondary N) is 2. The predicted molar refractivity (Wildman–Crippen MR) is 127 cm³/mol.